The van der Waals surface area contributed by atoms with Gasteiger partial charge in [0.05, 0.1) is 5.69 Å². The third-order valence-corrected chi connectivity index (χ3v) is 3.67. The largest absolute Gasteiger partial charge is 0.366 e. The van der Waals surface area contributed by atoms with E-state index in [-0.39, 0.29) is 5.41 Å². The molecule has 0 amide bonds. The fraction of sp³-hybridized carbons (Fsp3) is 0.600. The lowest BCUT2D eigenvalue weighted by Gasteiger charge is -2.16. The third kappa shape index (κ3) is 3.23. The Morgan fingerprint density at radius 2 is 2.15 bits per heavy atom. The van der Waals surface area contributed by atoms with Crippen LogP contribution in [-0.2, 0) is 5.41 Å². The van der Waals surface area contributed by atoms with Gasteiger partial charge in [0.25, 0.3) is 0 Å². The summed E-state index contributed by atoms with van der Waals surface area (Å²) in [6, 6.07) is 2.46. The lowest BCUT2D eigenvalue weighted by molar-refractivity contribution is 0.562. The molecule has 1 unspecified atom stereocenters. The van der Waals surface area contributed by atoms with Crippen LogP contribution in [0.4, 0.5) is 5.82 Å². The Labute approximate surface area is 125 Å². The quantitative estimate of drug-likeness (QED) is 0.852. The lowest BCUT2D eigenvalue weighted by atomic mass is 9.92. The van der Waals surface area contributed by atoms with E-state index in [4.69, 9.17) is 11.6 Å². The van der Waals surface area contributed by atoms with Crippen LogP contribution in [0.3, 0.4) is 0 Å². The summed E-state index contributed by atoms with van der Waals surface area (Å²) in [6.07, 6.45) is 5.62. The number of hydrogen-bond donors (Lipinski definition) is 1. The minimum Gasteiger partial charge on any atom is -0.366 e. The van der Waals surface area contributed by atoms with Gasteiger partial charge >= 0.3 is 0 Å². The average molecular weight is 295 g/mol. The van der Waals surface area contributed by atoms with Gasteiger partial charge in [0.15, 0.2) is 5.82 Å². The zero-order valence-corrected chi connectivity index (χ0v) is 13.4. The monoisotopic (exact) mass is 294 g/mol. The highest BCUT2D eigenvalue weighted by molar-refractivity contribution is 6.17. The second-order valence-electron chi connectivity index (χ2n) is 6.11. The highest BCUT2D eigenvalue weighted by Gasteiger charge is 2.19. The van der Waals surface area contributed by atoms with Crippen LogP contribution in [-0.4, -0.2) is 26.5 Å². The van der Waals surface area contributed by atoms with Crippen LogP contribution in [0.2, 0.25) is 0 Å². The molecule has 0 aliphatic carbocycles. The minimum atomic E-state index is 0.0313. The normalized spacial score (nSPS) is 13.7. The zero-order valence-electron chi connectivity index (χ0n) is 12.7. The second kappa shape index (κ2) is 6.00. The molecule has 0 saturated heterocycles. The summed E-state index contributed by atoms with van der Waals surface area (Å²) >= 11 is 5.85. The Bertz CT molecular complexity index is 571. The minimum absolute atomic E-state index is 0.0313. The molecule has 2 aromatic rings. The van der Waals surface area contributed by atoms with Crippen molar-refractivity contribution in [3.05, 3.63) is 24.2 Å². The molecule has 2 heterocycles. The predicted octanol–water partition coefficient (Wildman–Crippen LogP) is 3.85. The van der Waals surface area contributed by atoms with Crippen molar-refractivity contribution in [3.63, 3.8) is 0 Å². The number of rotatable bonds is 5. The van der Waals surface area contributed by atoms with Crippen molar-refractivity contribution in [3.8, 4) is 0 Å². The smallest absolute Gasteiger partial charge is 0.152 e. The summed E-state index contributed by atoms with van der Waals surface area (Å²) < 4.78 is 1.89. The molecule has 0 aliphatic rings. The number of anilines is 1. The van der Waals surface area contributed by atoms with Gasteiger partial charge in [-0.15, -0.1) is 11.6 Å². The topological polar surface area (TPSA) is 42.2 Å². The van der Waals surface area contributed by atoms with E-state index in [1.165, 1.54) is 0 Å². The summed E-state index contributed by atoms with van der Waals surface area (Å²) in [5.74, 6) is 1.54. The van der Waals surface area contributed by atoms with E-state index in [0.29, 0.717) is 11.9 Å². The molecule has 1 atom stereocenters. The van der Waals surface area contributed by atoms with E-state index in [2.05, 4.69) is 49.2 Å². The third-order valence-electron chi connectivity index (χ3n) is 3.45. The van der Waals surface area contributed by atoms with Crippen molar-refractivity contribution in [1.82, 2.24) is 14.6 Å². The van der Waals surface area contributed by atoms with E-state index in [0.717, 1.165) is 29.9 Å². The van der Waals surface area contributed by atoms with Crippen molar-refractivity contribution in [2.24, 2.45) is 0 Å². The first kappa shape index (κ1) is 15.1. The molecule has 0 fully saturated rings. The summed E-state index contributed by atoms with van der Waals surface area (Å²) in [5.41, 5.74) is 2.12. The summed E-state index contributed by atoms with van der Waals surface area (Å²) in [5, 5.41) is 8.12. The van der Waals surface area contributed by atoms with Crippen LogP contribution in [0.25, 0.3) is 5.52 Å². The van der Waals surface area contributed by atoms with Crippen LogP contribution in [0.5, 0.6) is 0 Å². The molecular weight excluding hydrogens is 272 g/mol. The lowest BCUT2D eigenvalue weighted by Crippen LogP contribution is -2.20. The molecule has 0 saturated carbocycles. The number of fused-ring (bicyclic) bond motifs is 1. The number of nitrogens with one attached hydrogen (secondary N) is 1. The molecule has 0 bridgehead atoms. The molecule has 5 heteroatoms. The van der Waals surface area contributed by atoms with Crippen molar-refractivity contribution >= 4 is 22.9 Å². The standard InChI is InChI=1S/C15H23ClN4/c1-5-11(6-7-16)18-14-12-10-13(15(2,3)4)19-20(12)9-8-17-14/h8-11H,5-7H2,1-4H3,(H,17,18). The van der Waals surface area contributed by atoms with Gasteiger partial charge < -0.3 is 5.32 Å². The SMILES string of the molecule is CCC(CCCl)Nc1nccn2nc(C(C)(C)C)cc12. The van der Waals surface area contributed by atoms with E-state index < -0.39 is 0 Å². The Hall–Kier alpha value is -1.29. The highest BCUT2D eigenvalue weighted by Crippen LogP contribution is 2.25. The van der Waals surface area contributed by atoms with Crippen LogP contribution in [0, 0.1) is 0 Å². The van der Waals surface area contributed by atoms with E-state index >= 15 is 0 Å². The van der Waals surface area contributed by atoms with Gasteiger partial charge in [0, 0.05) is 29.7 Å². The van der Waals surface area contributed by atoms with Gasteiger partial charge in [0.2, 0.25) is 0 Å². The molecule has 2 aromatic heterocycles. The first-order valence-corrected chi connectivity index (χ1v) is 7.66. The van der Waals surface area contributed by atoms with Gasteiger partial charge in [-0.05, 0) is 18.9 Å². The summed E-state index contributed by atoms with van der Waals surface area (Å²) in [7, 11) is 0. The Balaban J connectivity index is 2.36. The van der Waals surface area contributed by atoms with Crippen LogP contribution < -0.4 is 5.32 Å². The molecule has 2 rings (SSSR count). The van der Waals surface area contributed by atoms with E-state index in [1.807, 2.05) is 10.7 Å². The molecule has 1 N–H and O–H groups in total. The number of alkyl halides is 1. The molecule has 20 heavy (non-hydrogen) atoms. The molecule has 4 nitrogen and oxygen atoms in total. The van der Waals surface area contributed by atoms with Crippen molar-refractivity contribution in [2.45, 2.75) is 52.0 Å². The van der Waals surface area contributed by atoms with Crippen molar-refractivity contribution < 1.29 is 0 Å². The van der Waals surface area contributed by atoms with Gasteiger partial charge in [-0.2, -0.15) is 5.10 Å². The van der Waals surface area contributed by atoms with Crippen molar-refractivity contribution in [1.29, 1.82) is 0 Å². The molecule has 110 valence electrons. The molecule has 0 aromatic carbocycles. The van der Waals surface area contributed by atoms with Gasteiger partial charge in [-0.1, -0.05) is 27.7 Å². The Morgan fingerprint density at radius 1 is 1.40 bits per heavy atom. The first-order chi connectivity index (χ1) is 9.45. The van der Waals surface area contributed by atoms with E-state index in [9.17, 15) is 0 Å². The van der Waals surface area contributed by atoms with Gasteiger partial charge in [0.1, 0.15) is 5.52 Å². The Morgan fingerprint density at radius 3 is 2.75 bits per heavy atom. The van der Waals surface area contributed by atoms with Crippen LogP contribution in [0.15, 0.2) is 18.5 Å². The fourth-order valence-corrected chi connectivity index (χ4v) is 2.37. The predicted molar refractivity (Wildman–Crippen MR) is 84.7 cm³/mol. The highest BCUT2D eigenvalue weighted by atomic mass is 35.5. The number of halogens is 1. The molecular formula is C15H23ClN4. The fourth-order valence-electron chi connectivity index (χ4n) is 2.10. The van der Waals surface area contributed by atoms with Crippen LogP contribution >= 0.6 is 11.6 Å². The summed E-state index contributed by atoms with van der Waals surface area (Å²) in [4.78, 5) is 4.46. The number of aromatic nitrogens is 3. The maximum absolute atomic E-state index is 5.85. The summed E-state index contributed by atoms with van der Waals surface area (Å²) in [6.45, 7) is 8.65. The van der Waals surface area contributed by atoms with Crippen LogP contribution in [0.1, 0.15) is 46.2 Å². The second-order valence-corrected chi connectivity index (χ2v) is 6.49. The number of hydrogen-bond acceptors (Lipinski definition) is 3. The van der Waals surface area contributed by atoms with Gasteiger partial charge in [-0.25, -0.2) is 9.50 Å². The molecule has 0 radical (unpaired) electrons. The molecule has 0 aliphatic heterocycles. The zero-order chi connectivity index (χ0) is 14.8. The Kier molecular flexibility index (Phi) is 4.53. The number of nitrogens with zero attached hydrogens (tertiary/aromatic N) is 3. The first-order valence-electron chi connectivity index (χ1n) is 7.13. The van der Waals surface area contributed by atoms with Crippen molar-refractivity contribution in [2.75, 3.05) is 11.2 Å². The maximum Gasteiger partial charge on any atom is 0.152 e. The van der Waals surface area contributed by atoms with Gasteiger partial charge in [-0.3, -0.25) is 0 Å². The maximum atomic E-state index is 5.85. The average Bonchev–Trinajstić information content (AvgIpc) is 2.83. The van der Waals surface area contributed by atoms with E-state index in [1.54, 1.807) is 6.20 Å². The molecule has 0 spiro atoms.